The lowest BCUT2D eigenvalue weighted by Crippen LogP contribution is -2.34. The van der Waals surface area contributed by atoms with Gasteiger partial charge in [-0.25, -0.2) is 0 Å². The molecule has 15 heavy (non-hydrogen) atoms. The molecule has 0 aromatic heterocycles. The van der Waals surface area contributed by atoms with Crippen molar-refractivity contribution in [2.45, 2.75) is 6.04 Å². The summed E-state index contributed by atoms with van der Waals surface area (Å²) >= 11 is 0. The number of nitrogens with two attached hydrogens (primary N) is 1. The summed E-state index contributed by atoms with van der Waals surface area (Å²) in [5.41, 5.74) is 7.15. The van der Waals surface area contributed by atoms with Gasteiger partial charge in [0, 0.05) is 5.69 Å². The van der Waals surface area contributed by atoms with E-state index in [9.17, 15) is 0 Å². The second-order valence-corrected chi connectivity index (χ2v) is 3.09. The van der Waals surface area contributed by atoms with Gasteiger partial charge in [0.25, 0.3) is 0 Å². The van der Waals surface area contributed by atoms with Gasteiger partial charge in [0.15, 0.2) is 0 Å². The monoisotopic (exact) mass is 252 g/mol. The molecule has 0 bridgehead atoms. The first-order valence-corrected chi connectivity index (χ1v) is 4.19. The van der Waals surface area contributed by atoms with Gasteiger partial charge in [-0.1, -0.05) is 0 Å². The van der Waals surface area contributed by atoms with Gasteiger partial charge in [-0.2, -0.15) is 0 Å². The first-order valence-electron chi connectivity index (χ1n) is 4.19. The van der Waals surface area contributed by atoms with Crippen molar-refractivity contribution < 1.29 is 9.84 Å². The molecule has 1 aromatic rings. The number of rotatable bonds is 1. The summed E-state index contributed by atoms with van der Waals surface area (Å²) in [5, 5.41) is 12.0. The molecular formula is C9H14Cl2N2O2. The zero-order chi connectivity index (χ0) is 9.26. The number of fused-ring (bicyclic) bond motifs is 1. The molecule has 4 N–H and O–H groups in total. The van der Waals surface area contributed by atoms with Gasteiger partial charge in [0.1, 0.15) is 12.4 Å². The maximum Gasteiger partial charge on any atom is 0.142 e. The maximum absolute atomic E-state index is 8.91. The van der Waals surface area contributed by atoms with Crippen LogP contribution >= 0.6 is 24.8 Å². The van der Waals surface area contributed by atoms with E-state index in [0.29, 0.717) is 12.3 Å². The predicted octanol–water partition coefficient (Wildman–Crippen LogP) is 1.28. The fraction of sp³-hybridized carbons (Fsp3) is 0.333. The molecule has 1 heterocycles. The van der Waals surface area contributed by atoms with Crippen molar-refractivity contribution in [1.29, 1.82) is 0 Å². The predicted molar refractivity (Wildman–Crippen MR) is 65.3 cm³/mol. The highest BCUT2D eigenvalue weighted by Gasteiger charge is 2.17. The molecule has 0 fully saturated rings. The molecule has 0 saturated heterocycles. The van der Waals surface area contributed by atoms with E-state index in [4.69, 9.17) is 15.6 Å². The van der Waals surface area contributed by atoms with E-state index in [2.05, 4.69) is 5.32 Å². The van der Waals surface area contributed by atoms with Crippen LogP contribution in [-0.4, -0.2) is 24.4 Å². The van der Waals surface area contributed by atoms with E-state index >= 15 is 0 Å². The zero-order valence-electron chi connectivity index (χ0n) is 7.97. The molecule has 0 saturated carbocycles. The number of hydrogen-bond acceptors (Lipinski definition) is 4. The minimum Gasteiger partial charge on any atom is -0.489 e. The lowest BCUT2D eigenvalue weighted by molar-refractivity contribution is 0.207. The van der Waals surface area contributed by atoms with Crippen molar-refractivity contribution in [2.75, 3.05) is 24.3 Å². The standard InChI is InChI=1S/C9H12N2O2.2ClH/c10-6-1-2-9-8(3-6)11-7(4-12)5-13-9;;/h1-3,7,11-12H,4-5,10H2;2*1H. The van der Waals surface area contributed by atoms with Crippen LogP contribution in [0, 0.1) is 0 Å². The fourth-order valence-electron chi connectivity index (χ4n) is 1.34. The molecule has 1 aromatic carbocycles. The van der Waals surface area contributed by atoms with Crippen LogP contribution in [0.3, 0.4) is 0 Å². The third-order valence-electron chi connectivity index (χ3n) is 2.02. The molecule has 0 amide bonds. The Balaban J connectivity index is 0.000000980. The van der Waals surface area contributed by atoms with E-state index in [1.54, 1.807) is 12.1 Å². The van der Waals surface area contributed by atoms with Gasteiger partial charge in [-0.15, -0.1) is 24.8 Å². The Labute approximate surface area is 101 Å². The van der Waals surface area contributed by atoms with Crippen LogP contribution < -0.4 is 15.8 Å². The summed E-state index contributed by atoms with van der Waals surface area (Å²) in [6.07, 6.45) is 0. The number of nitrogens with one attached hydrogen (secondary N) is 1. The number of ether oxygens (including phenoxy) is 1. The Morgan fingerprint density at radius 3 is 2.87 bits per heavy atom. The number of hydrogen-bond donors (Lipinski definition) is 3. The highest BCUT2D eigenvalue weighted by molar-refractivity contribution is 5.85. The largest absolute Gasteiger partial charge is 0.489 e. The van der Waals surface area contributed by atoms with Crippen LogP contribution in [0.25, 0.3) is 0 Å². The Bertz CT molecular complexity index is 323. The SMILES string of the molecule is Cl.Cl.Nc1ccc2c(c1)NC(CO)CO2. The van der Waals surface area contributed by atoms with E-state index < -0.39 is 0 Å². The molecule has 1 aliphatic rings. The lowest BCUT2D eigenvalue weighted by atomic mass is 10.2. The van der Waals surface area contributed by atoms with E-state index in [1.165, 1.54) is 0 Å². The average molecular weight is 253 g/mol. The Morgan fingerprint density at radius 2 is 2.20 bits per heavy atom. The minimum atomic E-state index is -0.0331. The van der Waals surface area contributed by atoms with Crippen molar-refractivity contribution in [1.82, 2.24) is 0 Å². The summed E-state index contributed by atoms with van der Waals surface area (Å²) in [4.78, 5) is 0. The number of benzene rings is 1. The second-order valence-electron chi connectivity index (χ2n) is 3.09. The number of anilines is 2. The third-order valence-corrected chi connectivity index (χ3v) is 2.02. The highest BCUT2D eigenvalue weighted by Crippen LogP contribution is 2.30. The third kappa shape index (κ3) is 3.06. The smallest absolute Gasteiger partial charge is 0.142 e. The molecule has 86 valence electrons. The van der Waals surface area contributed by atoms with Crippen LogP contribution in [0.4, 0.5) is 11.4 Å². The molecule has 0 radical (unpaired) electrons. The Kier molecular flexibility index (Phi) is 5.57. The fourth-order valence-corrected chi connectivity index (χ4v) is 1.34. The van der Waals surface area contributed by atoms with Gasteiger partial charge in [0.05, 0.1) is 18.3 Å². The summed E-state index contributed by atoms with van der Waals surface area (Å²) < 4.78 is 5.40. The van der Waals surface area contributed by atoms with Gasteiger partial charge in [0.2, 0.25) is 0 Å². The quantitative estimate of drug-likeness (QED) is 0.659. The number of aliphatic hydroxyl groups excluding tert-OH is 1. The molecule has 1 aliphatic heterocycles. The van der Waals surface area contributed by atoms with Crippen LogP contribution in [-0.2, 0) is 0 Å². The second kappa shape index (κ2) is 5.90. The Hall–Kier alpha value is -0.840. The summed E-state index contributed by atoms with van der Waals surface area (Å²) in [6, 6.07) is 5.39. The molecule has 6 heteroatoms. The van der Waals surface area contributed by atoms with Crippen LogP contribution in [0.15, 0.2) is 18.2 Å². The van der Waals surface area contributed by atoms with Crippen LogP contribution in [0.5, 0.6) is 5.75 Å². The van der Waals surface area contributed by atoms with Crippen LogP contribution in [0.1, 0.15) is 0 Å². The molecule has 0 spiro atoms. The van der Waals surface area contributed by atoms with E-state index in [1.807, 2.05) is 6.07 Å². The van der Waals surface area contributed by atoms with Gasteiger partial charge in [-0.05, 0) is 18.2 Å². The van der Waals surface area contributed by atoms with Crippen molar-refractivity contribution in [2.24, 2.45) is 0 Å². The van der Waals surface area contributed by atoms with Crippen LogP contribution in [0.2, 0.25) is 0 Å². The number of nitrogen functional groups attached to an aromatic ring is 1. The maximum atomic E-state index is 8.91. The van der Waals surface area contributed by atoms with E-state index in [0.717, 1.165) is 11.4 Å². The lowest BCUT2D eigenvalue weighted by Gasteiger charge is -2.26. The normalized spacial score (nSPS) is 17.3. The Morgan fingerprint density at radius 1 is 1.47 bits per heavy atom. The average Bonchev–Trinajstić information content (AvgIpc) is 2.16. The van der Waals surface area contributed by atoms with Gasteiger partial charge in [-0.3, -0.25) is 0 Å². The van der Waals surface area contributed by atoms with Crippen molar-refractivity contribution in [3.8, 4) is 5.75 Å². The van der Waals surface area contributed by atoms with Gasteiger partial charge < -0.3 is 20.9 Å². The highest BCUT2D eigenvalue weighted by atomic mass is 35.5. The minimum absolute atomic E-state index is 0. The first kappa shape index (κ1) is 14.2. The topological polar surface area (TPSA) is 67.5 Å². The van der Waals surface area contributed by atoms with Gasteiger partial charge >= 0.3 is 0 Å². The first-order chi connectivity index (χ1) is 6.29. The molecule has 4 nitrogen and oxygen atoms in total. The number of aliphatic hydroxyl groups is 1. The molecule has 2 rings (SSSR count). The van der Waals surface area contributed by atoms with Crippen molar-refractivity contribution in [3.63, 3.8) is 0 Å². The van der Waals surface area contributed by atoms with Crippen molar-refractivity contribution in [3.05, 3.63) is 18.2 Å². The number of halogens is 2. The van der Waals surface area contributed by atoms with E-state index in [-0.39, 0.29) is 37.5 Å². The van der Waals surface area contributed by atoms with Crippen molar-refractivity contribution >= 4 is 36.2 Å². The molecular weight excluding hydrogens is 239 g/mol. The zero-order valence-corrected chi connectivity index (χ0v) is 9.61. The molecule has 0 aliphatic carbocycles. The summed E-state index contributed by atoms with van der Waals surface area (Å²) in [6.45, 7) is 0.557. The summed E-state index contributed by atoms with van der Waals surface area (Å²) in [5.74, 6) is 0.791. The molecule has 1 atom stereocenters. The summed E-state index contributed by atoms with van der Waals surface area (Å²) in [7, 11) is 0. The molecule has 1 unspecified atom stereocenters.